The Morgan fingerprint density at radius 1 is 0.900 bits per heavy atom. The van der Waals surface area contributed by atoms with Gasteiger partial charge >= 0.3 is 0 Å². The molecule has 1 unspecified atom stereocenters. The molecule has 0 aliphatic carbocycles. The number of imide groups is 1. The summed E-state index contributed by atoms with van der Waals surface area (Å²) in [5.41, 5.74) is 3.38. The molecule has 4 heteroatoms. The van der Waals surface area contributed by atoms with Crippen molar-refractivity contribution in [2.45, 2.75) is 11.7 Å². The van der Waals surface area contributed by atoms with Crippen molar-refractivity contribution in [2.24, 2.45) is 0 Å². The monoisotopic (exact) mass is 283 g/mol. The molecule has 3 nitrogen and oxygen atoms in total. The molecule has 1 heterocycles. The molecule has 100 valence electrons. The largest absolute Gasteiger partial charge is 0.286 e. The molecule has 1 fully saturated rings. The zero-order valence-electron chi connectivity index (χ0n) is 10.7. The lowest BCUT2D eigenvalue weighted by molar-refractivity contribution is -0.118. The first-order chi connectivity index (χ1) is 9.72. The summed E-state index contributed by atoms with van der Waals surface area (Å²) < 4.78 is 0. The zero-order valence-corrected chi connectivity index (χ0v) is 11.5. The molecular formula is C16H13NO2S. The van der Waals surface area contributed by atoms with Crippen molar-refractivity contribution in [2.75, 3.05) is 0 Å². The molecule has 0 radical (unpaired) electrons. The van der Waals surface area contributed by atoms with E-state index in [4.69, 9.17) is 0 Å². The minimum absolute atomic E-state index is 0.188. The highest BCUT2D eigenvalue weighted by Gasteiger charge is 2.31. The third-order valence-corrected chi connectivity index (χ3v) is 4.23. The van der Waals surface area contributed by atoms with E-state index in [9.17, 15) is 9.59 Å². The van der Waals surface area contributed by atoms with E-state index in [1.54, 1.807) is 0 Å². The quantitative estimate of drug-likeness (QED) is 0.940. The number of carbonyl (C=O) groups is 2. The molecule has 0 bridgehead atoms. The third kappa shape index (κ3) is 2.75. The summed E-state index contributed by atoms with van der Waals surface area (Å²) in [5.74, 6) is -0.188. The molecule has 0 saturated carbocycles. The van der Waals surface area contributed by atoms with Crippen LogP contribution in [-0.2, 0) is 11.2 Å². The molecule has 0 spiro atoms. The smallest absolute Gasteiger partial charge is 0.286 e. The number of amides is 2. The van der Waals surface area contributed by atoms with Crippen molar-refractivity contribution in [3.63, 3.8) is 0 Å². The predicted octanol–water partition coefficient (Wildman–Crippen LogP) is 3.25. The maximum Gasteiger partial charge on any atom is 0.286 e. The van der Waals surface area contributed by atoms with Gasteiger partial charge in [-0.2, -0.15) is 0 Å². The number of rotatable bonds is 3. The maximum absolute atomic E-state index is 11.5. The van der Waals surface area contributed by atoms with Crippen LogP contribution in [0.15, 0.2) is 54.6 Å². The van der Waals surface area contributed by atoms with Crippen LogP contribution >= 0.6 is 11.8 Å². The lowest BCUT2D eigenvalue weighted by Gasteiger charge is -2.07. The molecular weight excluding hydrogens is 270 g/mol. The van der Waals surface area contributed by atoms with Gasteiger partial charge in [0.05, 0.1) is 5.25 Å². The Hall–Kier alpha value is -2.07. The van der Waals surface area contributed by atoms with Gasteiger partial charge in [-0.05, 0) is 23.1 Å². The van der Waals surface area contributed by atoms with E-state index in [0.29, 0.717) is 6.42 Å². The van der Waals surface area contributed by atoms with Gasteiger partial charge in [0.1, 0.15) is 0 Å². The molecule has 1 N–H and O–H groups in total. The van der Waals surface area contributed by atoms with E-state index in [1.165, 1.54) is 5.56 Å². The Balaban J connectivity index is 1.74. The van der Waals surface area contributed by atoms with E-state index in [0.717, 1.165) is 22.9 Å². The van der Waals surface area contributed by atoms with Crippen molar-refractivity contribution >= 4 is 22.9 Å². The van der Waals surface area contributed by atoms with Crippen LogP contribution in [0, 0.1) is 0 Å². The van der Waals surface area contributed by atoms with Gasteiger partial charge in [0, 0.05) is 0 Å². The van der Waals surface area contributed by atoms with Crippen LogP contribution in [0.25, 0.3) is 11.1 Å². The second-order valence-electron chi connectivity index (χ2n) is 4.65. The minimum Gasteiger partial charge on any atom is -0.286 e. The van der Waals surface area contributed by atoms with Crippen molar-refractivity contribution in [1.29, 1.82) is 0 Å². The summed E-state index contributed by atoms with van der Waals surface area (Å²) in [5, 5.41) is 1.76. The van der Waals surface area contributed by atoms with Crippen LogP contribution in [0.2, 0.25) is 0 Å². The normalized spacial score (nSPS) is 18.1. The van der Waals surface area contributed by atoms with Gasteiger partial charge < -0.3 is 0 Å². The van der Waals surface area contributed by atoms with Crippen molar-refractivity contribution in [1.82, 2.24) is 5.32 Å². The van der Waals surface area contributed by atoms with Crippen molar-refractivity contribution < 1.29 is 9.59 Å². The third-order valence-electron chi connectivity index (χ3n) is 3.25. The lowest BCUT2D eigenvalue weighted by Crippen LogP contribution is -2.25. The molecule has 20 heavy (non-hydrogen) atoms. The number of carbonyl (C=O) groups excluding carboxylic acids is 2. The van der Waals surface area contributed by atoms with Crippen LogP contribution in [0.4, 0.5) is 4.79 Å². The molecule has 3 rings (SSSR count). The lowest BCUT2D eigenvalue weighted by atomic mass is 10.0. The van der Waals surface area contributed by atoms with E-state index >= 15 is 0 Å². The molecule has 2 amide bonds. The summed E-state index contributed by atoms with van der Waals surface area (Å²) in [7, 11) is 0. The van der Waals surface area contributed by atoms with Crippen LogP contribution < -0.4 is 5.32 Å². The van der Waals surface area contributed by atoms with Crippen molar-refractivity contribution in [3.8, 4) is 11.1 Å². The average molecular weight is 283 g/mol. The second kappa shape index (κ2) is 5.51. The van der Waals surface area contributed by atoms with Crippen molar-refractivity contribution in [3.05, 3.63) is 60.2 Å². The van der Waals surface area contributed by atoms with Crippen LogP contribution in [-0.4, -0.2) is 16.4 Å². The first kappa shape index (κ1) is 12.9. The number of thioether (sulfide) groups is 1. The molecule has 1 saturated heterocycles. The minimum atomic E-state index is -0.301. The maximum atomic E-state index is 11.5. The Morgan fingerprint density at radius 2 is 1.55 bits per heavy atom. The van der Waals surface area contributed by atoms with E-state index in [-0.39, 0.29) is 16.4 Å². The van der Waals surface area contributed by atoms with Gasteiger partial charge in [0.25, 0.3) is 5.24 Å². The molecule has 0 aromatic heterocycles. The summed E-state index contributed by atoms with van der Waals surface area (Å²) in [4.78, 5) is 22.6. The summed E-state index contributed by atoms with van der Waals surface area (Å²) in [6, 6.07) is 18.3. The van der Waals surface area contributed by atoms with Gasteiger partial charge in [0.2, 0.25) is 5.91 Å². The van der Waals surface area contributed by atoms with Gasteiger partial charge in [-0.25, -0.2) is 0 Å². The summed E-state index contributed by atoms with van der Waals surface area (Å²) in [6.07, 6.45) is 0.581. The summed E-state index contributed by atoms with van der Waals surface area (Å²) in [6.45, 7) is 0. The highest BCUT2D eigenvalue weighted by Crippen LogP contribution is 2.24. The van der Waals surface area contributed by atoms with Gasteiger partial charge in [-0.1, -0.05) is 66.4 Å². The molecule has 1 atom stereocenters. The van der Waals surface area contributed by atoms with E-state index in [2.05, 4.69) is 17.4 Å². The number of benzene rings is 2. The molecule has 1 aliphatic heterocycles. The Labute approximate surface area is 121 Å². The van der Waals surface area contributed by atoms with E-state index in [1.807, 2.05) is 42.5 Å². The predicted molar refractivity (Wildman–Crippen MR) is 80.5 cm³/mol. The van der Waals surface area contributed by atoms with Crippen LogP contribution in [0.5, 0.6) is 0 Å². The fraction of sp³-hybridized carbons (Fsp3) is 0.125. The first-order valence-corrected chi connectivity index (χ1v) is 7.26. The van der Waals surface area contributed by atoms with Crippen LogP contribution in [0.3, 0.4) is 0 Å². The summed E-state index contributed by atoms with van der Waals surface area (Å²) >= 11 is 1.07. The standard InChI is InChI=1S/C16H13NO2S/c18-15-14(20-16(19)17-15)10-11-6-8-13(9-7-11)12-4-2-1-3-5-12/h1-9,14H,10H2,(H,17,18,19). The van der Waals surface area contributed by atoms with Crippen LogP contribution in [0.1, 0.15) is 5.56 Å². The number of hydrogen-bond donors (Lipinski definition) is 1. The van der Waals surface area contributed by atoms with Gasteiger partial charge in [-0.15, -0.1) is 0 Å². The topological polar surface area (TPSA) is 46.2 Å². The zero-order chi connectivity index (χ0) is 13.9. The average Bonchev–Trinajstić information content (AvgIpc) is 2.79. The molecule has 1 aliphatic rings. The molecule has 2 aromatic rings. The Bertz CT molecular complexity index is 637. The highest BCUT2D eigenvalue weighted by atomic mass is 32.2. The van der Waals surface area contributed by atoms with E-state index < -0.39 is 0 Å². The number of nitrogens with one attached hydrogen (secondary N) is 1. The Morgan fingerprint density at radius 3 is 2.15 bits per heavy atom. The SMILES string of the molecule is O=C1NC(=O)C(Cc2ccc(-c3ccccc3)cc2)S1. The fourth-order valence-corrected chi connectivity index (χ4v) is 3.07. The van der Waals surface area contributed by atoms with Gasteiger partial charge in [0.15, 0.2) is 0 Å². The first-order valence-electron chi connectivity index (χ1n) is 6.38. The Kier molecular flexibility index (Phi) is 3.56. The fourth-order valence-electron chi connectivity index (χ4n) is 2.21. The van der Waals surface area contributed by atoms with Gasteiger partial charge in [-0.3, -0.25) is 14.9 Å². The highest BCUT2D eigenvalue weighted by molar-refractivity contribution is 8.15. The number of hydrogen-bond acceptors (Lipinski definition) is 3. The molecule has 2 aromatic carbocycles. The second-order valence-corrected chi connectivity index (χ2v) is 5.83.